The van der Waals surface area contributed by atoms with Crippen LogP contribution < -0.4 is 0 Å². The second kappa shape index (κ2) is 14.8. The van der Waals surface area contributed by atoms with Crippen molar-refractivity contribution in [3.63, 3.8) is 0 Å². The SMILES string of the molecule is CCCCCCCCCC(Cl)CC(CC(C)O)N(CC)CC. The van der Waals surface area contributed by atoms with E-state index in [0.29, 0.717) is 6.04 Å². The largest absolute Gasteiger partial charge is 0.393 e. The molecule has 2 nitrogen and oxygen atoms in total. The fraction of sp³-hybridized carbons (Fsp3) is 1.00. The van der Waals surface area contributed by atoms with E-state index in [9.17, 15) is 5.11 Å². The summed E-state index contributed by atoms with van der Waals surface area (Å²) in [5.41, 5.74) is 0. The quantitative estimate of drug-likeness (QED) is 0.311. The van der Waals surface area contributed by atoms with Crippen LogP contribution in [0.5, 0.6) is 0 Å². The fourth-order valence-electron chi connectivity index (χ4n) is 3.26. The van der Waals surface area contributed by atoms with Crippen LogP contribution in [-0.2, 0) is 0 Å². The van der Waals surface area contributed by atoms with Crippen molar-refractivity contribution < 1.29 is 5.11 Å². The smallest absolute Gasteiger partial charge is 0.0527 e. The Balaban J connectivity index is 3.94. The van der Waals surface area contributed by atoms with Crippen LogP contribution >= 0.6 is 11.6 Å². The van der Waals surface area contributed by atoms with Gasteiger partial charge in [0.2, 0.25) is 0 Å². The second-order valence-electron chi connectivity index (χ2n) is 6.70. The van der Waals surface area contributed by atoms with Gasteiger partial charge in [0.1, 0.15) is 0 Å². The van der Waals surface area contributed by atoms with Gasteiger partial charge in [-0.05, 0) is 39.3 Å². The maximum atomic E-state index is 9.72. The molecule has 0 aromatic carbocycles. The van der Waals surface area contributed by atoms with Crippen molar-refractivity contribution in [2.75, 3.05) is 13.1 Å². The first-order chi connectivity index (χ1) is 10.5. The molecule has 0 saturated carbocycles. The summed E-state index contributed by atoms with van der Waals surface area (Å²) in [6, 6.07) is 0.419. The lowest BCUT2D eigenvalue weighted by Gasteiger charge is -2.32. The Morgan fingerprint density at radius 3 is 1.91 bits per heavy atom. The van der Waals surface area contributed by atoms with Crippen LogP contribution in [0, 0.1) is 0 Å². The minimum absolute atomic E-state index is 0.243. The zero-order chi connectivity index (χ0) is 16.8. The Kier molecular flexibility index (Phi) is 14.9. The van der Waals surface area contributed by atoms with Crippen molar-refractivity contribution in [2.45, 2.75) is 109 Å². The maximum absolute atomic E-state index is 9.72. The van der Waals surface area contributed by atoms with Crippen LogP contribution in [0.25, 0.3) is 0 Å². The van der Waals surface area contributed by atoms with E-state index in [2.05, 4.69) is 25.7 Å². The topological polar surface area (TPSA) is 23.5 Å². The predicted molar refractivity (Wildman–Crippen MR) is 99.9 cm³/mol. The number of hydrogen-bond acceptors (Lipinski definition) is 2. The van der Waals surface area contributed by atoms with Gasteiger partial charge < -0.3 is 10.0 Å². The van der Waals surface area contributed by atoms with Gasteiger partial charge in [-0.1, -0.05) is 65.7 Å². The first-order valence-electron chi connectivity index (χ1n) is 9.61. The molecular formula is C19H40ClNO. The van der Waals surface area contributed by atoms with Crippen LogP contribution in [-0.4, -0.2) is 40.6 Å². The van der Waals surface area contributed by atoms with Crippen LogP contribution in [0.3, 0.4) is 0 Å². The van der Waals surface area contributed by atoms with Crippen molar-refractivity contribution >= 4 is 11.6 Å². The molecule has 0 aliphatic carbocycles. The molecule has 0 amide bonds. The van der Waals surface area contributed by atoms with Gasteiger partial charge in [0.25, 0.3) is 0 Å². The van der Waals surface area contributed by atoms with Crippen molar-refractivity contribution in [3.05, 3.63) is 0 Å². The number of aliphatic hydroxyl groups excluding tert-OH is 1. The van der Waals surface area contributed by atoms with E-state index in [4.69, 9.17) is 11.6 Å². The van der Waals surface area contributed by atoms with Crippen LogP contribution in [0.1, 0.15) is 91.9 Å². The van der Waals surface area contributed by atoms with E-state index in [-0.39, 0.29) is 11.5 Å². The Morgan fingerprint density at radius 1 is 0.864 bits per heavy atom. The maximum Gasteiger partial charge on any atom is 0.0527 e. The summed E-state index contributed by atoms with van der Waals surface area (Å²) in [4.78, 5) is 2.44. The summed E-state index contributed by atoms with van der Waals surface area (Å²) in [5, 5.41) is 9.97. The number of alkyl halides is 1. The van der Waals surface area contributed by atoms with Gasteiger partial charge in [-0.25, -0.2) is 0 Å². The molecule has 22 heavy (non-hydrogen) atoms. The number of rotatable bonds is 15. The highest BCUT2D eigenvalue weighted by Gasteiger charge is 2.21. The van der Waals surface area contributed by atoms with E-state index in [1.807, 2.05) is 6.92 Å². The van der Waals surface area contributed by atoms with Gasteiger partial charge >= 0.3 is 0 Å². The molecule has 0 aliphatic heterocycles. The van der Waals surface area contributed by atoms with Crippen molar-refractivity contribution in [1.82, 2.24) is 4.90 Å². The molecular weight excluding hydrogens is 294 g/mol. The molecule has 0 heterocycles. The van der Waals surface area contributed by atoms with Crippen molar-refractivity contribution in [3.8, 4) is 0 Å². The minimum atomic E-state index is -0.243. The molecule has 0 aliphatic rings. The lowest BCUT2D eigenvalue weighted by atomic mass is 9.99. The molecule has 134 valence electrons. The summed E-state index contributed by atoms with van der Waals surface area (Å²) in [6.45, 7) is 10.6. The van der Waals surface area contributed by atoms with E-state index in [1.165, 1.54) is 44.9 Å². The standard InChI is InChI=1S/C19H40ClNO/c1-5-8-9-10-11-12-13-14-18(20)16-19(15-17(4)22)21(6-2)7-3/h17-19,22H,5-16H2,1-4H3. The van der Waals surface area contributed by atoms with Crippen LogP contribution in [0.2, 0.25) is 0 Å². The number of unbranched alkanes of at least 4 members (excludes halogenated alkanes) is 6. The highest BCUT2D eigenvalue weighted by atomic mass is 35.5. The van der Waals surface area contributed by atoms with Gasteiger partial charge in [-0.15, -0.1) is 11.6 Å². The van der Waals surface area contributed by atoms with E-state index in [1.54, 1.807) is 0 Å². The third kappa shape index (κ3) is 11.7. The van der Waals surface area contributed by atoms with Crippen LogP contribution in [0.4, 0.5) is 0 Å². The Morgan fingerprint density at radius 2 is 1.41 bits per heavy atom. The first kappa shape index (κ1) is 22.2. The zero-order valence-corrected chi connectivity index (χ0v) is 16.2. The summed E-state index contributed by atoms with van der Waals surface area (Å²) < 4.78 is 0. The third-order valence-corrected chi connectivity index (χ3v) is 4.99. The Labute approximate surface area is 144 Å². The Hall–Kier alpha value is 0.210. The summed E-state index contributed by atoms with van der Waals surface area (Å²) >= 11 is 6.57. The van der Waals surface area contributed by atoms with E-state index in [0.717, 1.165) is 32.4 Å². The summed E-state index contributed by atoms with van der Waals surface area (Å²) in [6.07, 6.45) is 12.1. The van der Waals surface area contributed by atoms with Gasteiger partial charge in [0, 0.05) is 11.4 Å². The number of aliphatic hydroxyl groups is 1. The zero-order valence-electron chi connectivity index (χ0n) is 15.5. The monoisotopic (exact) mass is 333 g/mol. The van der Waals surface area contributed by atoms with Crippen molar-refractivity contribution in [1.29, 1.82) is 0 Å². The number of nitrogens with zero attached hydrogens (tertiary/aromatic N) is 1. The molecule has 0 aromatic heterocycles. The van der Waals surface area contributed by atoms with Crippen LogP contribution in [0.15, 0.2) is 0 Å². The lowest BCUT2D eigenvalue weighted by Crippen LogP contribution is -2.38. The molecule has 0 saturated heterocycles. The molecule has 3 unspecified atom stereocenters. The van der Waals surface area contributed by atoms with E-state index < -0.39 is 0 Å². The highest BCUT2D eigenvalue weighted by Crippen LogP contribution is 2.21. The molecule has 0 aromatic rings. The summed E-state index contributed by atoms with van der Waals surface area (Å²) in [7, 11) is 0. The van der Waals surface area contributed by atoms with Gasteiger partial charge in [0.05, 0.1) is 6.10 Å². The molecule has 0 rings (SSSR count). The van der Waals surface area contributed by atoms with Gasteiger partial charge in [-0.3, -0.25) is 0 Å². The minimum Gasteiger partial charge on any atom is -0.393 e. The van der Waals surface area contributed by atoms with Gasteiger partial charge in [0.15, 0.2) is 0 Å². The highest BCUT2D eigenvalue weighted by molar-refractivity contribution is 6.20. The van der Waals surface area contributed by atoms with Crippen molar-refractivity contribution in [2.24, 2.45) is 0 Å². The number of hydrogen-bond donors (Lipinski definition) is 1. The first-order valence-corrected chi connectivity index (χ1v) is 10.0. The van der Waals surface area contributed by atoms with E-state index >= 15 is 0 Å². The molecule has 0 spiro atoms. The summed E-state index contributed by atoms with van der Waals surface area (Å²) in [5.74, 6) is 0. The molecule has 3 heteroatoms. The average Bonchev–Trinajstić information content (AvgIpc) is 2.47. The predicted octanol–water partition coefficient (Wildman–Crippen LogP) is 5.61. The average molecular weight is 334 g/mol. The molecule has 0 bridgehead atoms. The normalized spacial score (nSPS) is 16.0. The lowest BCUT2D eigenvalue weighted by molar-refractivity contribution is 0.112. The second-order valence-corrected chi connectivity index (χ2v) is 7.32. The Bertz CT molecular complexity index is 231. The molecule has 3 atom stereocenters. The molecule has 0 radical (unpaired) electrons. The fourth-order valence-corrected chi connectivity index (χ4v) is 3.62. The molecule has 1 N–H and O–H groups in total. The number of halogens is 1. The third-order valence-electron chi connectivity index (χ3n) is 4.59. The van der Waals surface area contributed by atoms with Gasteiger partial charge in [-0.2, -0.15) is 0 Å². The molecule has 0 fully saturated rings.